The number of carboxylic acids is 1. The van der Waals surface area contributed by atoms with E-state index in [0.29, 0.717) is 19.3 Å². The highest BCUT2D eigenvalue weighted by Gasteiger charge is 2.33. The van der Waals surface area contributed by atoms with Crippen molar-refractivity contribution < 1.29 is 24.9 Å². The van der Waals surface area contributed by atoms with Crippen LogP contribution in [0, 0.1) is 11.8 Å². The molecule has 140 valence electrons. The van der Waals surface area contributed by atoms with Crippen LogP contribution in [-0.2, 0) is 9.59 Å². The number of carbonyl (C=O) groups is 2. The van der Waals surface area contributed by atoms with Gasteiger partial charge in [-0.05, 0) is 25.3 Å². The van der Waals surface area contributed by atoms with Crippen molar-refractivity contribution >= 4 is 11.8 Å². The maximum atomic E-state index is 12.0. The van der Waals surface area contributed by atoms with E-state index in [2.05, 4.69) is 6.92 Å². The zero-order valence-corrected chi connectivity index (χ0v) is 14.9. The molecule has 0 spiro atoms. The summed E-state index contributed by atoms with van der Waals surface area (Å²) in [7, 11) is 0. The molecule has 0 aliphatic heterocycles. The van der Waals surface area contributed by atoms with E-state index >= 15 is 0 Å². The van der Waals surface area contributed by atoms with Gasteiger partial charge in [0.15, 0.2) is 5.78 Å². The number of ketones is 1. The maximum absolute atomic E-state index is 12.0. The lowest BCUT2D eigenvalue weighted by Crippen LogP contribution is -2.27. The minimum Gasteiger partial charge on any atom is -0.481 e. The van der Waals surface area contributed by atoms with E-state index in [1.807, 2.05) is 0 Å². The van der Waals surface area contributed by atoms with Gasteiger partial charge in [-0.2, -0.15) is 0 Å². The molecule has 5 heteroatoms. The Kier molecular flexibility index (Phi) is 10.0. The zero-order valence-electron chi connectivity index (χ0n) is 14.9. The van der Waals surface area contributed by atoms with Crippen molar-refractivity contribution in [2.24, 2.45) is 11.8 Å². The second-order valence-corrected chi connectivity index (χ2v) is 6.52. The molecule has 1 aliphatic rings. The smallest absolute Gasteiger partial charge is 0.303 e. The van der Waals surface area contributed by atoms with Crippen LogP contribution in [0.1, 0.15) is 51.9 Å². The Morgan fingerprint density at radius 3 is 2.68 bits per heavy atom. The molecule has 1 aliphatic carbocycles. The number of hydrogen-bond acceptors (Lipinski definition) is 4. The first-order valence-electron chi connectivity index (χ1n) is 9.10. The number of carboxylic acid groups (broad SMARTS) is 1. The molecule has 0 aromatic heterocycles. The fraction of sp³-hybridized carbons (Fsp3) is 0.600. The van der Waals surface area contributed by atoms with Crippen LogP contribution in [0.15, 0.2) is 36.5 Å². The number of aliphatic hydroxyl groups is 2. The molecule has 5 nitrogen and oxygen atoms in total. The summed E-state index contributed by atoms with van der Waals surface area (Å²) in [6, 6.07) is 0. The molecule has 0 saturated heterocycles. The molecular formula is C20H30O5. The van der Waals surface area contributed by atoms with Gasteiger partial charge in [0.25, 0.3) is 0 Å². The van der Waals surface area contributed by atoms with Gasteiger partial charge in [-0.1, -0.05) is 56.6 Å². The van der Waals surface area contributed by atoms with Gasteiger partial charge in [0, 0.05) is 12.3 Å². The number of rotatable bonds is 12. The van der Waals surface area contributed by atoms with Crippen molar-refractivity contribution in [2.75, 3.05) is 0 Å². The fourth-order valence-electron chi connectivity index (χ4n) is 2.89. The Hall–Kier alpha value is -1.72. The molecule has 0 fully saturated rings. The summed E-state index contributed by atoms with van der Waals surface area (Å²) in [5, 5.41) is 28.8. The summed E-state index contributed by atoms with van der Waals surface area (Å²) in [5.41, 5.74) is 0. The average Bonchev–Trinajstić information content (AvgIpc) is 2.93. The third-order valence-corrected chi connectivity index (χ3v) is 4.35. The van der Waals surface area contributed by atoms with Crippen LogP contribution in [0.4, 0.5) is 0 Å². The van der Waals surface area contributed by atoms with Gasteiger partial charge < -0.3 is 15.3 Å². The number of unbranched alkanes of at least 4 members (excludes halogenated alkanes) is 3. The van der Waals surface area contributed by atoms with Crippen molar-refractivity contribution in [3.05, 3.63) is 36.5 Å². The van der Waals surface area contributed by atoms with E-state index in [4.69, 9.17) is 5.11 Å². The highest BCUT2D eigenvalue weighted by Crippen LogP contribution is 2.28. The maximum Gasteiger partial charge on any atom is 0.303 e. The highest BCUT2D eigenvalue weighted by atomic mass is 16.4. The van der Waals surface area contributed by atoms with Crippen molar-refractivity contribution in [3.8, 4) is 0 Å². The summed E-state index contributed by atoms with van der Waals surface area (Å²) in [5.74, 6) is -1.77. The van der Waals surface area contributed by atoms with Crippen LogP contribution in [0.25, 0.3) is 0 Å². The van der Waals surface area contributed by atoms with Crippen LogP contribution >= 0.6 is 0 Å². The molecule has 0 amide bonds. The average molecular weight is 350 g/mol. The molecule has 0 bridgehead atoms. The topological polar surface area (TPSA) is 94.8 Å². The highest BCUT2D eigenvalue weighted by molar-refractivity contribution is 5.95. The number of aliphatic carboxylic acids is 1. The Labute approximate surface area is 149 Å². The third kappa shape index (κ3) is 8.27. The van der Waals surface area contributed by atoms with Crippen LogP contribution in [0.2, 0.25) is 0 Å². The van der Waals surface area contributed by atoms with Gasteiger partial charge in [0.1, 0.15) is 0 Å². The van der Waals surface area contributed by atoms with Crippen LogP contribution < -0.4 is 0 Å². The van der Waals surface area contributed by atoms with E-state index in [1.54, 1.807) is 30.4 Å². The summed E-state index contributed by atoms with van der Waals surface area (Å²) >= 11 is 0. The van der Waals surface area contributed by atoms with Crippen molar-refractivity contribution in [1.29, 1.82) is 0 Å². The predicted molar refractivity (Wildman–Crippen MR) is 97.0 cm³/mol. The largest absolute Gasteiger partial charge is 0.481 e. The summed E-state index contributed by atoms with van der Waals surface area (Å²) < 4.78 is 0. The van der Waals surface area contributed by atoms with Crippen molar-refractivity contribution in [3.63, 3.8) is 0 Å². The van der Waals surface area contributed by atoms with E-state index in [-0.39, 0.29) is 18.1 Å². The van der Waals surface area contributed by atoms with Crippen molar-refractivity contribution in [1.82, 2.24) is 0 Å². The van der Waals surface area contributed by atoms with E-state index < -0.39 is 24.1 Å². The van der Waals surface area contributed by atoms with E-state index in [9.17, 15) is 19.8 Å². The van der Waals surface area contributed by atoms with Gasteiger partial charge in [0.2, 0.25) is 0 Å². The molecule has 3 N–H and O–H groups in total. The van der Waals surface area contributed by atoms with Crippen LogP contribution in [0.3, 0.4) is 0 Å². The first kappa shape index (κ1) is 21.3. The van der Waals surface area contributed by atoms with E-state index in [0.717, 1.165) is 19.3 Å². The summed E-state index contributed by atoms with van der Waals surface area (Å²) in [6.07, 6.45) is 13.6. The Balaban J connectivity index is 2.51. The minimum absolute atomic E-state index is 0.0889. The Morgan fingerprint density at radius 2 is 2.00 bits per heavy atom. The molecule has 0 aromatic rings. The Bertz CT molecular complexity index is 506. The van der Waals surface area contributed by atoms with Gasteiger partial charge in [-0.25, -0.2) is 0 Å². The summed E-state index contributed by atoms with van der Waals surface area (Å²) in [4.78, 5) is 22.5. The first-order chi connectivity index (χ1) is 12.0. The van der Waals surface area contributed by atoms with Gasteiger partial charge >= 0.3 is 5.97 Å². The fourth-order valence-corrected chi connectivity index (χ4v) is 2.89. The first-order valence-corrected chi connectivity index (χ1v) is 9.10. The molecule has 0 saturated carbocycles. The number of carbonyl (C=O) groups excluding carboxylic acids is 1. The lowest BCUT2D eigenvalue weighted by atomic mass is 9.88. The Morgan fingerprint density at radius 1 is 1.24 bits per heavy atom. The van der Waals surface area contributed by atoms with Gasteiger partial charge in [-0.15, -0.1) is 0 Å². The molecular weight excluding hydrogens is 320 g/mol. The van der Waals surface area contributed by atoms with Crippen LogP contribution in [-0.4, -0.2) is 39.3 Å². The number of allylic oxidation sites excluding steroid dienone is 4. The molecule has 0 heterocycles. The van der Waals surface area contributed by atoms with Gasteiger partial charge in [0.05, 0.1) is 18.1 Å². The quantitative estimate of drug-likeness (QED) is 0.371. The minimum atomic E-state index is -0.917. The molecule has 0 radical (unpaired) electrons. The normalized spacial score (nSPS) is 22.9. The molecule has 0 aromatic carbocycles. The lowest BCUT2D eigenvalue weighted by molar-refractivity contribution is -0.137. The molecule has 1 rings (SSSR count). The SMILES string of the molecule is CCCCCC(O)C=CC1C=CC(=O)C1C(O)C=CCCCC(=O)O. The predicted octanol–water partition coefficient (Wildman–Crippen LogP) is 3.03. The van der Waals surface area contributed by atoms with Crippen molar-refractivity contribution in [2.45, 2.75) is 64.1 Å². The monoisotopic (exact) mass is 350 g/mol. The zero-order chi connectivity index (χ0) is 18.7. The summed E-state index contributed by atoms with van der Waals surface area (Å²) in [6.45, 7) is 2.11. The van der Waals surface area contributed by atoms with Crippen LogP contribution in [0.5, 0.6) is 0 Å². The lowest BCUT2D eigenvalue weighted by Gasteiger charge is -2.19. The molecule has 4 atom stereocenters. The third-order valence-electron chi connectivity index (χ3n) is 4.35. The number of hydrogen-bond donors (Lipinski definition) is 3. The molecule has 25 heavy (non-hydrogen) atoms. The second kappa shape index (κ2) is 11.8. The van der Waals surface area contributed by atoms with E-state index in [1.165, 1.54) is 6.08 Å². The van der Waals surface area contributed by atoms with Gasteiger partial charge in [-0.3, -0.25) is 9.59 Å². The standard InChI is InChI=1S/C20H30O5/c1-2-3-5-8-16(21)13-11-15-12-14-18(23)20(15)17(22)9-6-4-7-10-19(24)25/h6,9,11-17,20-22H,2-5,7-8,10H2,1H3,(H,24,25). The second-order valence-electron chi connectivity index (χ2n) is 6.52. The molecule has 4 unspecified atom stereocenters. The number of aliphatic hydroxyl groups excluding tert-OH is 2.